The molecule has 54 valence electrons. The van der Waals surface area contributed by atoms with Gasteiger partial charge in [-0.15, -0.1) is 0 Å². The molecule has 0 amide bonds. The lowest BCUT2D eigenvalue weighted by Crippen LogP contribution is -2.06. The van der Waals surface area contributed by atoms with Crippen LogP contribution < -0.4 is 0 Å². The fourth-order valence-electron chi connectivity index (χ4n) is 1.06. The van der Waals surface area contributed by atoms with E-state index in [1.165, 1.54) is 0 Å². The summed E-state index contributed by atoms with van der Waals surface area (Å²) in [7, 11) is 0. The van der Waals surface area contributed by atoms with Crippen molar-refractivity contribution in [1.29, 1.82) is 0 Å². The van der Waals surface area contributed by atoms with E-state index in [-0.39, 0.29) is 11.6 Å². The summed E-state index contributed by atoms with van der Waals surface area (Å²) in [5.41, 5.74) is 0.433. The molecule has 0 heterocycles. The lowest BCUT2D eigenvalue weighted by atomic mass is 10.1. The Labute approximate surface area is 59.9 Å². The van der Waals surface area contributed by atoms with Crippen LogP contribution in [0.4, 0.5) is 0 Å². The monoisotopic (exact) mass is 138 g/mol. The number of allylic oxidation sites excluding steroid dienone is 2. The number of ketones is 2. The molecule has 0 spiro atoms. The first kappa shape index (κ1) is 7.19. The molecule has 10 heavy (non-hydrogen) atoms. The number of Topliss-reactive ketones (excluding diaryl/α,β-unsaturated/α-hetero) is 2. The second-order valence-corrected chi connectivity index (χ2v) is 2.36. The van der Waals surface area contributed by atoms with Gasteiger partial charge in [0.2, 0.25) is 0 Å². The molecule has 2 heteroatoms. The van der Waals surface area contributed by atoms with Gasteiger partial charge in [-0.25, -0.2) is 0 Å². The summed E-state index contributed by atoms with van der Waals surface area (Å²) in [5, 5.41) is 0. The van der Waals surface area contributed by atoms with Crippen molar-refractivity contribution in [3.63, 3.8) is 0 Å². The van der Waals surface area contributed by atoms with Crippen LogP contribution in [0.3, 0.4) is 0 Å². The minimum atomic E-state index is -0.0116. The van der Waals surface area contributed by atoms with Crippen LogP contribution in [0.5, 0.6) is 0 Å². The van der Waals surface area contributed by atoms with E-state index < -0.39 is 0 Å². The Morgan fingerprint density at radius 2 is 2.40 bits per heavy atom. The van der Waals surface area contributed by atoms with Crippen molar-refractivity contribution >= 4 is 11.6 Å². The summed E-state index contributed by atoms with van der Waals surface area (Å²) in [6.07, 6.45) is 3.46. The third-order valence-electron chi connectivity index (χ3n) is 1.64. The number of carbonyl (C=O) groups is 2. The maximum atomic E-state index is 10.9. The van der Waals surface area contributed by atoms with E-state index in [4.69, 9.17) is 0 Å². The van der Waals surface area contributed by atoms with Gasteiger partial charge in [0.15, 0.2) is 11.6 Å². The van der Waals surface area contributed by atoms with Crippen molar-refractivity contribution in [3.05, 3.63) is 11.6 Å². The zero-order valence-corrected chi connectivity index (χ0v) is 6.02. The maximum Gasteiger partial charge on any atom is 0.166 e. The van der Waals surface area contributed by atoms with Crippen molar-refractivity contribution in [2.45, 2.75) is 26.2 Å². The second kappa shape index (κ2) is 2.78. The zero-order valence-electron chi connectivity index (χ0n) is 6.02. The Balaban J connectivity index is 2.72. The van der Waals surface area contributed by atoms with Gasteiger partial charge in [0, 0.05) is 12.8 Å². The maximum absolute atomic E-state index is 10.9. The van der Waals surface area contributed by atoms with Gasteiger partial charge in [0.1, 0.15) is 0 Å². The third-order valence-corrected chi connectivity index (χ3v) is 1.64. The van der Waals surface area contributed by atoms with E-state index in [1.54, 1.807) is 13.0 Å². The van der Waals surface area contributed by atoms with E-state index in [9.17, 15) is 9.59 Å². The zero-order chi connectivity index (χ0) is 7.56. The summed E-state index contributed by atoms with van der Waals surface area (Å²) in [4.78, 5) is 21.8. The van der Waals surface area contributed by atoms with Crippen LogP contribution in [0, 0.1) is 0 Å². The van der Waals surface area contributed by atoms with Crippen molar-refractivity contribution in [2.75, 3.05) is 0 Å². The molecule has 0 fully saturated rings. The lowest BCUT2D eigenvalue weighted by Gasteiger charge is -1.93. The highest BCUT2D eigenvalue weighted by atomic mass is 16.1. The molecule has 0 aromatic rings. The Kier molecular flexibility index (Phi) is 2.00. The average Bonchev–Trinajstić information content (AvgIpc) is 2.34. The fraction of sp³-hybridized carbons (Fsp3) is 0.500. The largest absolute Gasteiger partial charge is 0.294 e. The minimum Gasteiger partial charge on any atom is -0.294 e. The average molecular weight is 138 g/mol. The molecule has 0 unspecified atom stereocenters. The Bertz CT molecular complexity index is 201. The van der Waals surface area contributed by atoms with Crippen LogP contribution in [0.2, 0.25) is 0 Å². The first-order valence-corrected chi connectivity index (χ1v) is 3.52. The number of carbonyl (C=O) groups excluding carboxylic acids is 2. The molecular formula is C8H10O2. The van der Waals surface area contributed by atoms with E-state index in [1.807, 2.05) is 0 Å². The molecule has 1 rings (SSSR count). The van der Waals surface area contributed by atoms with Gasteiger partial charge in [-0.05, 0) is 6.42 Å². The topological polar surface area (TPSA) is 34.1 Å². The molecule has 0 aromatic carbocycles. The van der Waals surface area contributed by atoms with Gasteiger partial charge >= 0.3 is 0 Å². The summed E-state index contributed by atoms with van der Waals surface area (Å²) in [6.45, 7) is 1.77. The van der Waals surface area contributed by atoms with Gasteiger partial charge in [-0.3, -0.25) is 9.59 Å². The van der Waals surface area contributed by atoms with Crippen LogP contribution in [0.15, 0.2) is 11.6 Å². The van der Waals surface area contributed by atoms with Gasteiger partial charge in [0.25, 0.3) is 0 Å². The Hall–Kier alpha value is -0.920. The summed E-state index contributed by atoms with van der Waals surface area (Å²) in [6, 6.07) is 0. The van der Waals surface area contributed by atoms with Crippen molar-refractivity contribution in [1.82, 2.24) is 0 Å². The van der Waals surface area contributed by atoms with Gasteiger partial charge in [-0.2, -0.15) is 0 Å². The van der Waals surface area contributed by atoms with E-state index >= 15 is 0 Å². The number of hydrogen-bond acceptors (Lipinski definition) is 2. The third kappa shape index (κ3) is 1.15. The molecule has 0 atom stereocenters. The number of rotatable bonds is 2. The molecule has 0 aliphatic heterocycles. The van der Waals surface area contributed by atoms with E-state index in [0.29, 0.717) is 18.4 Å². The molecule has 0 bridgehead atoms. The molecule has 0 saturated heterocycles. The highest BCUT2D eigenvalue weighted by molar-refractivity contribution is 6.21. The molecule has 0 saturated carbocycles. The Morgan fingerprint density at radius 1 is 1.70 bits per heavy atom. The van der Waals surface area contributed by atoms with Crippen LogP contribution in [0.1, 0.15) is 26.2 Å². The van der Waals surface area contributed by atoms with Crippen LogP contribution in [0.25, 0.3) is 0 Å². The quantitative estimate of drug-likeness (QED) is 0.538. The van der Waals surface area contributed by atoms with Crippen LogP contribution in [-0.2, 0) is 9.59 Å². The van der Waals surface area contributed by atoms with Crippen LogP contribution >= 0.6 is 0 Å². The van der Waals surface area contributed by atoms with Gasteiger partial charge in [0.05, 0.1) is 5.57 Å². The standard InChI is InChI=1S/C8H10O2/c1-2-7(9)6-4-3-5-8(6)10/h4H,2-3,5H2,1H3. The molecule has 0 N–H and O–H groups in total. The fourth-order valence-corrected chi connectivity index (χ4v) is 1.06. The predicted octanol–water partition coefficient (Wildman–Crippen LogP) is 1.25. The Morgan fingerprint density at radius 3 is 2.80 bits per heavy atom. The molecule has 0 radical (unpaired) electrons. The SMILES string of the molecule is CCC(=O)C1=CCCC1=O. The lowest BCUT2D eigenvalue weighted by molar-refractivity contribution is -0.120. The predicted molar refractivity (Wildman–Crippen MR) is 37.6 cm³/mol. The van der Waals surface area contributed by atoms with Gasteiger partial charge < -0.3 is 0 Å². The molecule has 1 aliphatic carbocycles. The number of hydrogen-bond donors (Lipinski definition) is 0. The normalized spacial score (nSPS) is 17.3. The minimum absolute atomic E-state index is 0.0116. The van der Waals surface area contributed by atoms with Gasteiger partial charge in [-0.1, -0.05) is 13.0 Å². The smallest absolute Gasteiger partial charge is 0.166 e. The van der Waals surface area contributed by atoms with Crippen molar-refractivity contribution < 1.29 is 9.59 Å². The van der Waals surface area contributed by atoms with E-state index in [0.717, 1.165) is 6.42 Å². The van der Waals surface area contributed by atoms with Crippen LogP contribution in [-0.4, -0.2) is 11.6 Å². The molecule has 0 aromatic heterocycles. The highest BCUT2D eigenvalue weighted by Crippen LogP contribution is 2.15. The second-order valence-electron chi connectivity index (χ2n) is 2.36. The molecule has 1 aliphatic rings. The van der Waals surface area contributed by atoms with E-state index in [2.05, 4.69) is 0 Å². The summed E-state index contributed by atoms with van der Waals surface area (Å²) >= 11 is 0. The van der Waals surface area contributed by atoms with Crippen molar-refractivity contribution in [2.24, 2.45) is 0 Å². The molecule has 2 nitrogen and oxygen atoms in total. The summed E-state index contributed by atoms with van der Waals surface area (Å²) < 4.78 is 0. The first-order chi connectivity index (χ1) is 4.75. The summed E-state index contributed by atoms with van der Waals surface area (Å²) in [5.74, 6) is 0.00866. The molecular weight excluding hydrogens is 128 g/mol. The van der Waals surface area contributed by atoms with Crippen molar-refractivity contribution in [3.8, 4) is 0 Å². The highest BCUT2D eigenvalue weighted by Gasteiger charge is 2.19. The first-order valence-electron chi connectivity index (χ1n) is 3.52.